The Morgan fingerprint density at radius 2 is 1.75 bits per heavy atom. The molecule has 1 aliphatic heterocycles. The maximum absolute atomic E-state index is 2.41. The molecule has 0 saturated carbocycles. The van der Waals surface area contributed by atoms with Gasteiger partial charge in [0.1, 0.15) is 0 Å². The van der Waals surface area contributed by atoms with Crippen LogP contribution in [0.4, 0.5) is 0 Å². The van der Waals surface area contributed by atoms with Gasteiger partial charge < -0.3 is 4.90 Å². The fraction of sp³-hybridized carbons (Fsp3) is 0.636. The Labute approximate surface area is 75.8 Å². The van der Waals surface area contributed by atoms with Crippen molar-refractivity contribution in [2.75, 3.05) is 0 Å². The van der Waals surface area contributed by atoms with Gasteiger partial charge in [0.05, 0.1) is 0 Å². The highest BCUT2D eigenvalue weighted by molar-refractivity contribution is 5.14. The second-order valence-corrected chi connectivity index (χ2v) is 4.00. The molecular formula is C11H19N. The van der Waals surface area contributed by atoms with Crippen molar-refractivity contribution in [3.05, 3.63) is 24.4 Å². The molecule has 0 radical (unpaired) electrons. The smallest absolute Gasteiger partial charge is 0.0496 e. The van der Waals surface area contributed by atoms with Crippen molar-refractivity contribution in [2.24, 2.45) is 5.92 Å². The Bertz CT molecular complexity index is 167. The van der Waals surface area contributed by atoms with Crippen LogP contribution in [0.5, 0.6) is 0 Å². The van der Waals surface area contributed by atoms with E-state index in [1.54, 1.807) is 0 Å². The molecule has 1 rings (SSSR count). The molecule has 0 bridgehead atoms. The van der Waals surface area contributed by atoms with Crippen LogP contribution >= 0.6 is 0 Å². The molecule has 1 heteroatoms. The molecule has 1 aliphatic rings. The highest BCUT2D eigenvalue weighted by Crippen LogP contribution is 2.18. The van der Waals surface area contributed by atoms with Crippen LogP contribution in [0.2, 0.25) is 0 Å². The maximum atomic E-state index is 2.41. The lowest BCUT2D eigenvalue weighted by Crippen LogP contribution is -2.39. The van der Waals surface area contributed by atoms with Gasteiger partial charge in [-0.2, -0.15) is 0 Å². The predicted molar refractivity (Wildman–Crippen MR) is 53.9 cm³/mol. The van der Waals surface area contributed by atoms with E-state index in [0.29, 0.717) is 18.0 Å². The monoisotopic (exact) mass is 165 g/mol. The Balaban J connectivity index is 2.71. The van der Waals surface area contributed by atoms with Gasteiger partial charge in [0.2, 0.25) is 0 Å². The number of hydrogen-bond acceptors (Lipinski definition) is 1. The molecule has 0 fully saturated rings. The summed E-state index contributed by atoms with van der Waals surface area (Å²) in [5.74, 6) is 0.689. The zero-order valence-electron chi connectivity index (χ0n) is 8.49. The van der Waals surface area contributed by atoms with Gasteiger partial charge in [-0.25, -0.2) is 0 Å². The van der Waals surface area contributed by atoms with Gasteiger partial charge in [-0.15, -0.1) is 0 Å². The average molecular weight is 165 g/mol. The fourth-order valence-electron chi connectivity index (χ4n) is 1.61. The third-order valence-electron chi connectivity index (χ3n) is 2.30. The second kappa shape index (κ2) is 3.79. The number of rotatable bonds is 2. The minimum absolute atomic E-state index is 0.579. The van der Waals surface area contributed by atoms with Gasteiger partial charge in [0.25, 0.3) is 0 Å². The molecule has 0 aromatic heterocycles. The quantitative estimate of drug-likeness (QED) is 0.608. The van der Waals surface area contributed by atoms with Crippen LogP contribution in [0.15, 0.2) is 24.4 Å². The summed E-state index contributed by atoms with van der Waals surface area (Å²) in [6.45, 7) is 9.00. The molecule has 0 saturated heterocycles. The van der Waals surface area contributed by atoms with E-state index in [1.165, 1.54) is 0 Å². The molecule has 1 nitrogen and oxygen atoms in total. The second-order valence-electron chi connectivity index (χ2n) is 4.00. The fourth-order valence-corrected chi connectivity index (χ4v) is 1.61. The Morgan fingerprint density at radius 3 is 2.17 bits per heavy atom. The highest BCUT2D eigenvalue weighted by Gasteiger charge is 2.19. The van der Waals surface area contributed by atoms with E-state index in [4.69, 9.17) is 0 Å². The molecule has 0 aromatic carbocycles. The first-order valence-electron chi connectivity index (χ1n) is 4.75. The molecular weight excluding hydrogens is 146 g/mol. The van der Waals surface area contributed by atoms with E-state index < -0.39 is 0 Å². The summed E-state index contributed by atoms with van der Waals surface area (Å²) in [7, 11) is 0. The molecule has 0 unspecified atom stereocenters. The third kappa shape index (κ3) is 1.90. The van der Waals surface area contributed by atoms with Gasteiger partial charge in [-0.1, -0.05) is 26.0 Å². The summed E-state index contributed by atoms with van der Waals surface area (Å²) in [6.07, 6.45) is 8.72. The SMILES string of the molecule is CC(C)[C@@H]1C=CC=CN1C(C)C. The molecule has 0 aromatic rings. The van der Waals surface area contributed by atoms with Crippen molar-refractivity contribution >= 4 is 0 Å². The van der Waals surface area contributed by atoms with E-state index in [9.17, 15) is 0 Å². The number of allylic oxidation sites excluding steroid dienone is 2. The maximum Gasteiger partial charge on any atom is 0.0496 e. The van der Waals surface area contributed by atoms with E-state index in [2.05, 4.69) is 57.0 Å². The van der Waals surface area contributed by atoms with Crippen molar-refractivity contribution in [2.45, 2.75) is 39.8 Å². The van der Waals surface area contributed by atoms with E-state index >= 15 is 0 Å². The van der Waals surface area contributed by atoms with Crippen LogP contribution < -0.4 is 0 Å². The zero-order valence-corrected chi connectivity index (χ0v) is 8.49. The molecule has 1 atom stereocenters. The minimum Gasteiger partial charge on any atom is -0.368 e. The third-order valence-corrected chi connectivity index (χ3v) is 2.30. The normalized spacial score (nSPS) is 22.8. The molecule has 0 aliphatic carbocycles. The summed E-state index contributed by atoms with van der Waals surface area (Å²) < 4.78 is 0. The van der Waals surface area contributed by atoms with E-state index in [-0.39, 0.29) is 0 Å². The first-order chi connectivity index (χ1) is 5.63. The van der Waals surface area contributed by atoms with Crippen molar-refractivity contribution in [3.63, 3.8) is 0 Å². The van der Waals surface area contributed by atoms with E-state index in [1.807, 2.05) is 0 Å². The van der Waals surface area contributed by atoms with Gasteiger partial charge in [-0.05, 0) is 32.0 Å². The van der Waals surface area contributed by atoms with Crippen LogP contribution in [0.25, 0.3) is 0 Å². The first-order valence-corrected chi connectivity index (χ1v) is 4.75. The lowest BCUT2D eigenvalue weighted by Gasteiger charge is -2.36. The van der Waals surface area contributed by atoms with Gasteiger partial charge in [0.15, 0.2) is 0 Å². The molecule has 0 spiro atoms. The molecule has 12 heavy (non-hydrogen) atoms. The standard InChI is InChI=1S/C11H19N/c1-9(2)11-7-5-6-8-12(11)10(3)4/h5-11H,1-4H3/t11-/m0/s1. The van der Waals surface area contributed by atoms with Crippen LogP contribution in [-0.4, -0.2) is 17.0 Å². The van der Waals surface area contributed by atoms with Crippen LogP contribution in [0.1, 0.15) is 27.7 Å². The van der Waals surface area contributed by atoms with Crippen molar-refractivity contribution in [1.82, 2.24) is 4.90 Å². The van der Waals surface area contributed by atoms with Gasteiger partial charge in [-0.3, -0.25) is 0 Å². The topological polar surface area (TPSA) is 3.24 Å². The van der Waals surface area contributed by atoms with E-state index in [0.717, 1.165) is 0 Å². The lowest BCUT2D eigenvalue weighted by atomic mass is 9.99. The average Bonchev–Trinajstić information content (AvgIpc) is 2.04. The van der Waals surface area contributed by atoms with Crippen molar-refractivity contribution in [1.29, 1.82) is 0 Å². The van der Waals surface area contributed by atoms with Gasteiger partial charge >= 0.3 is 0 Å². The van der Waals surface area contributed by atoms with Crippen molar-refractivity contribution < 1.29 is 0 Å². The largest absolute Gasteiger partial charge is 0.368 e. The minimum atomic E-state index is 0.579. The Hall–Kier alpha value is -0.720. The van der Waals surface area contributed by atoms with Crippen molar-refractivity contribution in [3.8, 4) is 0 Å². The Morgan fingerprint density at radius 1 is 1.08 bits per heavy atom. The summed E-state index contributed by atoms with van der Waals surface area (Å²) >= 11 is 0. The number of hydrogen-bond donors (Lipinski definition) is 0. The molecule has 1 heterocycles. The lowest BCUT2D eigenvalue weighted by molar-refractivity contribution is 0.216. The highest BCUT2D eigenvalue weighted by atomic mass is 15.2. The summed E-state index contributed by atoms with van der Waals surface area (Å²) in [4.78, 5) is 2.41. The molecule has 68 valence electrons. The number of nitrogens with zero attached hydrogens (tertiary/aromatic N) is 1. The Kier molecular flexibility index (Phi) is 2.96. The molecule has 0 N–H and O–H groups in total. The van der Waals surface area contributed by atoms with Gasteiger partial charge in [0, 0.05) is 12.1 Å². The summed E-state index contributed by atoms with van der Waals surface area (Å²) in [6, 6.07) is 1.17. The van der Waals surface area contributed by atoms with Crippen LogP contribution in [0.3, 0.4) is 0 Å². The predicted octanol–water partition coefficient (Wildman–Crippen LogP) is 2.80. The summed E-state index contributed by atoms with van der Waals surface area (Å²) in [5.41, 5.74) is 0. The first kappa shape index (κ1) is 9.37. The molecule has 0 amide bonds. The zero-order chi connectivity index (χ0) is 9.14. The summed E-state index contributed by atoms with van der Waals surface area (Å²) in [5, 5.41) is 0. The van der Waals surface area contributed by atoms with Crippen LogP contribution in [0, 0.1) is 5.92 Å². The van der Waals surface area contributed by atoms with Crippen LogP contribution in [-0.2, 0) is 0 Å².